The number of benzene rings is 2. The van der Waals surface area contributed by atoms with Crippen molar-refractivity contribution in [2.75, 3.05) is 0 Å². The lowest BCUT2D eigenvalue weighted by molar-refractivity contribution is 0.744. The van der Waals surface area contributed by atoms with Crippen LogP contribution in [0.2, 0.25) is 5.02 Å². The van der Waals surface area contributed by atoms with Gasteiger partial charge in [0.05, 0.1) is 5.69 Å². The molecule has 5 rings (SSSR count). The van der Waals surface area contributed by atoms with Crippen LogP contribution in [-0.4, -0.2) is 35.0 Å². The summed E-state index contributed by atoms with van der Waals surface area (Å²) < 4.78 is 3.31. The Balaban J connectivity index is 1.59. The lowest BCUT2D eigenvalue weighted by Crippen LogP contribution is -2.03. The predicted octanol–water partition coefficient (Wildman–Crippen LogP) is 4.54. The maximum atomic E-state index is 6.10. The molecule has 0 aliphatic heterocycles. The van der Waals surface area contributed by atoms with Gasteiger partial charge in [-0.05, 0) is 58.3 Å². The van der Waals surface area contributed by atoms with Crippen molar-refractivity contribution in [3.8, 4) is 34.0 Å². The summed E-state index contributed by atoms with van der Waals surface area (Å²) in [6.45, 7) is 2.06. The van der Waals surface area contributed by atoms with E-state index in [4.69, 9.17) is 11.6 Å². The van der Waals surface area contributed by atoms with Gasteiger partial charge < -0.3 is 0 Å². The van der Waals surface area contributed by atoms with Crippen LogP contribution < -0.4 is 0 Å². The molecule has 8 heteroatoms. The van der Waals surface area contributed by atoms with Crippen LogP contribution in [-0.2, 0) is 0 Å². The van der Waals surface area contributed by atoms with Crippen LogP contribution in [0.3, 0.4) is 0 Å². The third-order valence-electron chi connectivity index (χ3n) is 4.83. The van der Waals surface area contributed by atoms with Gasteiger partial charge in [0.25, 0.3) is 0 Å². The van der Waals surface area contributed by atoms with E-state index in [2.05, 4.69) is 56.8 Å². The number of pyridine rings is 1. The Morgan fingerprint density at radius 3 is 2.40 bits per heavy atom. The molecule has 0 radical (unpaired) electrons. The standard InChI is InChI=1S/C22H16ClN7/c1-15-12-18(23)9-10-19(15)16-5-7-17(8-6-16)20-13-22(29-14-25-27-28-29)26-30(20)21-4-2-3-11-24-21/h2-14H,1H3. The SMILES string of the molecule is Cc1cc(Cl)ccc1-c1ccc(-c2cc(-n3cnnn3)nn2-c2ccccn2)cc1. The average molecular weight is 414 g/mol. The summed E-state index contributed by atoms with van der Waals surface area (Å²) in [4.78, 5) is 4.44. The van der Waals surface area contributed by atoms with Crippen LogP contribution in [0.25, 0.3) is 34.0 Å². The highest BCUT2D eigenvalue weighted by molar-refractivity contribution is 6.30. The molecule has 0 amide bonds. The van der Waals surface area contributed by atoms with Crippen molar-refractivity contribution in [1.82, 2.24) is 35.0 Å². The van der Waals surface area contributed by atoms with Gasteiger partial charge in [-0.1, -0.05) is 48.0 Å². The Kier molecular flexibility index (Phi) is 4.57. The number of halogens is 1. The van der Waals surface area contributed by atoms with E-state index < -0.39 is 0 Å². The number of hydrogen-bond donors (Lipinski definition) is 0. The molecular weight excluding hydrogens is 398 g/mol. The molecule has 2 aromatic carbocycles. The number of aromatic nitrogens is 7. The Hall–Kier alpha value is -3.84. The van der Waals surface area contributed by atoms with E-state index in [9.17, 15) is 0 Å². The third-order valence-corrected chi connectivity index (χ3v) is 5.06. The van der Waals surface area contributed by atoms with Crippen LogP contribution >= 0.6 is 11.6 Å². The van der Waals surface area contributed by atoms with E-state index in [1.165, 1.54) is 11.0 Å². The third kappa shape index (κ3) is 3.35. The van der Waals surface area contributed by atoms with Crippen molar-refractivity contribution < 1.29 is 0 Å². The molecule has 0 saturated carbocycles. The van der Waals surface area contributed by atoms with Gasteiger partial charge in [0.1, 0.15) is 6.33 Å². The quantitative estimate of drug-likeness (QED) is 0.432. The molecule has 3 aromatic heterocycles. The molecule has 5 aromatic rings. The molecule has 0 N–H and O–H groups in total. The minimum Gasteiger partial charge on any atom is -0.237 e. The Bertz CT molecular complexity index is 1290. The van der Waals surface area contributed by atoms with E-state index >= 15 is 0 Å². The molecule has 0 aliphatic rings. The fourth-order valence-electron chi connectivity index (χ4n) is 3.38. The lowest BCUT2D eigenvalue weighted by atomic mass is 9.99. The maximum Gasteiger partial charge on any atom is 0.179 e. The number of nitrogens with zero attached hydrogens (tertiary/aromatic N) is 7. The van der Waals surface area contributed by atoms with Gasteiger partial charge in [-0.15, -0.1) is 10.2 Å². The number of hydrogen-bond acceptors (Lipinski definition) is 5. The summed E-state index contributed by atoms with van der Waals surface area (Å²) in [6, 6.07) is 21.9. The van der Waals surface area contributed by atoms with Crippen LogP contribution in [0.15, 0.2) is 79.3 Å². The van der Waals surface area contributed by atoms with Crippen molar-refractivity contribution in [2.45, 2.75) is 6.92 Å². The molecular formula is C22H16ClN7. The topological polar surface area (TPSA) is 74.3 Å². The smallest absolute Gasteiger partial charge is 0.179 e. The molecule has 0 saturated heterocycles. The van der Waals surface area contributed by atoms with E-state index in [1.807, 2.05) is 42.5 Å². The second-order valence-corrected chi connectivity index (χ2v) is 7.21. The first kappa shape index (κ1) is 18.2. The Morgan fingerprint density at radius 1 is 0.867 bits per heavy atom. The first-order chi connectivity index (χ1) is 14.7. The molecule has 30 heavy (non-hydrogen) atoms. The average Bonchev–Trinajstić information content (AvgIpc) is 3.45. The van der Waals surface area contributed by atoms with Crippen molar-refractivity contribution in [3.05, 3.63) is 89.8 Å². The predicted molar refractivity (Wildman–Crippen MR) is 115 cm³/mol. The molecule has 3 heterocycles. The monoisotopic (exact) mass is 413 g/mol. The molecule has 0 atom stereocenters. The number of aryl methyl sites for hydroxylation is 1. The zero-order chi connectivity index (χ0) is 20.5. The van der Waals surface area contributed by atoms with E-state index in [0.29, 0.717) is 11.6 Å². The Labute approximate surface area is 177 Å². The largest absolute Gasteiger partial charge is 0.237 e. The maximum absolute atomic E-state index is 6.10. The van der Waals surface area contributed by atoms with Crippen molar-refractivity contribution in [2.24, 2.45) is 0 Å². The van der Waals surface area contributed by atoms with E-state index in [1.54, 1.807) is 10.9 Å². The van der Waals surface area contributed by atoms with E-state index in [-0.39, 0.29) is 0 Å². The molecule has 0 fully saturated rings. The summed E-state index contributed by atoms with van der Waals surface area (Å²) in [6.07, 6.45) is 3.26. The normalized spacial score (nSPS) is 11.0. The first-order valence-electron chi connectivity index (χ1n) is 9.31. The minimum absolute atomic E-state index is 0.610. The van der Waals surface area contributed by atoms with Crippen molar-refractivity contribution in [3.63, 3.8) is 0 Å². The van der Waals surface area contributed by atoms with Crippen LogP contribution in [0.4, 0.5) is 0 Å². The number of rotatable bonds is 4. The minimum atomic E-state index is 0.610. The summed E-state index contributed by atoms with van der Waals surface area (Å²) in [5.74, 6) is 1.32. The van der Waals surface area contributed by atoms with Gasteiger partial charge in [0, 0.05) is 22.8 Å². The fourth-order valence-corrected chi connectivity index (χ4v) is 3.60. The number of tetrazole rings is 1. The highest BCUT2D eigenvalue weighted by Crippen LogP contribution is 2.30. The zero-order valence-corrected chi connectivity index (χ0v) is 16.8. The second-order valence-electron chi connectivity index (χ2n) is 6.78. The molecule has 0 spiro atoms. The Morgan fingerprint density at radius 2 is 1.70 bits per heavy atom. The molecule has 146 valence electrons. The summed E-state index contributed by atoms with van der Waals surface area (Å²) in [5, 5.41) is 16.8. The van der Waals surface area contributed by atoms with Crippen molar-refractivity contribution in [1.29, 1.82) is 0 Å². The second kappa shape index (κ2) is 7.53. The molecule has 0 aliphatic carbocycles. The lowest BCUT2D eigenvalue weighted by Gasteiger charge is -2.09. The highest BCUT2D eigenvalue weighted by Gasteiger charge is 2.15. The van der Waals surface area contributed by atoms with Gasteiger partial charge in [-0.3, -0.25) is 0 Å². The molecule has 0 bridgehead atoms. The van der Waals surface area contributed by atoms with Gasteiger partial charge in [0.2, 0.25) is 0 Å². The van der Waals surface area contributed by atoms with Crippen LogP contribution in [0.5, 0.6) is 0 Å². The summed E-state index contributed by atoms with van der Waals surface area (Å²) >= 11 is 6.10. The van der Waals surface area contributed by atoms with Crippen LogP contribution in [0, 0.1) is 6.92 Å². The van der Waals surface area contributed by atoms with E-state index in [0.717, 1.165) is 33.0 Å². The van der Waals surface area contributed by atoms with Crippen LogP contribution in [0.1, 0.15) is 5.56 Å². The summed E-state index contributed by atoms with van der Waals surface area (Å²) in [7, 11) is 0. The van der Waals surface area contributed by atoms with Crippen molar-refractivity contribution >= 4 is 11.6 Å². The van der Waals surface area contributed by atoms with Gasteiger partial charge in [0.15, 0.2) is 11.6 Å². The summed E-state index contributed by atoms with van der Waals surface area (Å²) in [5.41, 5.74) is 5.30. The first-order valence-corrected chi connectivity index (χ1v) is 9.69. The zero-order valence-electron chi connectivity index (χ0n) is 16.0. The van der Waals surface area contributed by atoms with Gasteiger partial charge in [-0.2, -0.15) is 4.68 Å². The van der Waals surface area contributed by atoms with Gasteiger partial charge >= 0.3 is 0 Å². The van der Waals surface area contributed by atoms with Gasteiger partial charge in [-0.25, -0.2) is 9.67 Å². The highest BCUT2D eigenvalue weighted by atomic mass is 35.5. The molecule has 0 unspecified atom stereocenters. The fraction of sp³-hybridized carbons (Fsp3) is 0.0455. The molecule has 7 nitrogen and oxygen atoms in total.